The quantitative estimate of drug-likeness (QED) is 0.170. The SMILES string of the molecule is COC(=O)c1ccc2c(c1)c(CCc1ccc(Cl)cc1)c(CCc1nc3cc(OC)ccc3s1)n2CCC#N. The van der Waals surface area contributed by atoms with Crippen LogP contribution in [-0.4, -0.2) is 29.7 Å². The van der Waals surface area contributed by atoms with E-state index in [2.05, 4.69) is 10.6 Å². The smallest absolute Gasteiger partial charge is 0.337 e. The van der Waals surface area contributed by atoms with Crippen molar-refractivity contribution < 1.29 is 14.3 Å². The topological polar surface area (TPSA) is 77.1 Å². The first kappa shape index (κ1) is 26.7. The van der Waals surface area contributed by atoms with E-state index in [-0.39, 0.29) is 5.97 Å². The van der Waals surface area contributed by atoms with Crippen molar-refractivity contribution in [1.82, 2.24) is 9.55 Å². The number of carbonyl (C=O) groups excluding carboxylic acids is 1. The van der Waals surface area contributed by atoms with Gasteiger partial charge in [-0.2, -0.15) is 5.26 Å². The van der Waals surface area contributed by atoms with Gasteiger partial charge >= 0.3 is 5.97 Å². The van der Waals surface area contributed by atoms with Gasteiger partial charge in [-0.25, -0.2) is 9.78 Å². The van der Waals surface area contributed by atoms with E-state index in [1.54, 1.807) is 24.5 Å². The maximum atomic E-state index is 12.4. The summed E-state index contributed by atoms with van der Waals surface area (Å²) < 4.78 is 13.7. The highest BCUT2D eigenvalue weighted by Crippen LogP contribution is 2.32. The summed E-state index contributed by atoms with van der Waals surface area (Å²) in [5.74, 6) is 0.429. The van der Waals surface area contributed by atoms with E-state index in [1.807, 2.05) is 54.6 Å². The summed E-state index contributed by atoms with van der Waals surface area (Å²) in [5.41, 5.74) is 6.02. The molecule has 0 unspecified atom stereocenters. The molecule has 0 aliphatic heterocycles. The molecule has 0 saturated heterocycles. The summed E-state index contributed by atoms with van der Waals surface area (Å²) in [4.78, 5) is 17.2. The molecule has 8 heteroatoms. The van der Waals surface area contributed by atoms with Crippen LogP contribution in [0.15, 0.2) is 60.7 Å². The minimum absolute atomic E-state index is 0.364. The number of carbonyl (C=O) groups is 1. The fraction of sp³-hybridized carbons (Fsp3) is 0.258. The second-order valence-corrected chi connectivity index (χ2v) is 10.8. The number of methoxy groups -OCH3 is 2. The Morgan fingerprint density at radius 1 is 1.03 bits per heavy atom. The van der Waals surface area contributed by atoms with E-state index in [1.165, 1.54) is 23.9 Å². The number of rotatable bonds is 10. The Bertz CT molecular complexity index is 1680. The van der Waals surface area contributed by atoms with Crippen LogP contribution >= 0.6 is 22.9 Å². The molecule has 0 spiro atoms. The summed E-state index contributed by atoms with van der Waals surface area (Å²) in [6, 6.07) is 21.9. The van der Waals surface area contributed by atoms with Crippen LogP contribution in [0.2, 0.25) is 5.02 Å². The van der Waals surface area contributed by atoms with Crippen molar-refractivity contribution in [2.45, 2.75) is 38.6 Å². The summed E-state index contributed by atoms with van der Waals surface area (Å²) in [7, 11) is 3.05. The van der Waals surface area contributed by atoms with E-state index in [0.29, 0.717) is 23.6 Å². The highest BCUT2D eigenvalue weighted by Gasteiger charge is 2.20. The second kappa shape index (κ2) is 11.9. The van der Waals surface area contributed by atoms with E-state index < -0.39 is 0 Å². The monoisotopic (exact) mass is 557 g/mol. The number of halogens is 1. The van der Waals surface area contributed by atoms with Crippen molar-refractivity contribution in [3.63, 3.8) is 0 Å². The zero-order chi connectivity index (χ0) is 27.4. The van der Waals surface area contributed by atoms with Crippen molar-refractivity contribution in [2.75, 3.05) is 14.2 Å². The fourth-order valence-electron chi connectivity index (χ4n) is 5.04. The minimum atomic E-state index is -0.364. The molecular weight excluding hydrogens is 530 g/mol. The van der Waals surface area contributed by atoms with Crippen LogP contribution < -0.4 is 4.74 Å². The van der Waals surface area contributed by atoms with Crippen LogP contribution in [0.5, 0.6) is 5.75 Å². The standard InChI is InChI=1S/C31H28ClN3O3S/c1-37-23-10-14-29-26(19-23)34-30(39-29)15-13-27-24(11-6-20-4-8-22(32)9-5-20)25-18-21(31(36)38-2)7-12-28(25)35(27)17-3-16-33/h4-5,7-10,12,14,18-19H,3,6,11,13,15,17H2,1-2H3. The van der Waals surface area contributed by atoms with Crippen LogP contribution in [0.1, 0.15) is 38.6 Å². The lowest BCUT2D eigenvalue weighted by molar-refractivity contribution is 0.0601. The molecule has 0 atom stereocenters. The minimum Gasteiger partial charge on any atom is -0.497 e. The lowest BCUT2D eigenvalue weighted by Crippen LogP contribution is -2.07. The maximum Gasteiger partial charge on any atom is 0.337 e. The highest BCUT2D eigenvalue weighted by atomic mass is 35.5. The maximum absolute atomic E-state index is 12.4. The van der Waals surface area contributed by atoms with Gasteiger partial charge in [-0.1, -0.05) is 23.7 Å². The van der Waals surface area contributed by atoms with Gasteiger partial charge in [0, 0.05) is 40.7 Å². The molecule has 198 valence electrons. The molecule has 3 aromatic carbocycles. The Morgan fingerprint density at radius 2 is 1.85 bits per heavy atom. The van der Waals surface area contributed by atoms with E-state index in [4.69, 9.17) is 26.1 Å². The molecule has 6 nitrogen and oxygen atoms in total. The molecule has 0 fully saturated rings. The van der Waals surface area contributed by atoms with Gasteiger partial charge in [0.2, 0.25) is 0 Å². The number of esters is 1. The average molecular weight is 558 g/mol. The van der Waals surface area contributed by atoms with Crippen LogP contribution in [-0.2, 0) is 37.0 Å². The number of benzene rings is 3. The largest absolute Gasteiger partial charge is 0.497 e. The molecule has 5 aromatic rings. The molecule has 0 saturated carbocycles. The third-order valence-electron chi connectivity index (χ3n) is 6.95. The molecule has 0 bridgehead atoms. The second-order valence-electron chi connectivity index (χ2n) is 9.28. The van der Waals surface area contributed by atoms with Crippen LogP contribution in [0.3, 0.4) is 0 Å². The van der Waals surface area contributed by atoms with Gasteiger partial charge in [0.1, 0.15) is 5.75 Å². The van der Waals surface area contributed by atoms with Gasteiger partial charge < -0.3 is 14.0 Å². The third kappa shape index (κ3) is 5.78. The molecule has 39 heavy (non-hydrogen) atoms. The molecule has 0 N–H and O–H groups in total. The number of thiazole rings is 1. The van der Waals surface area contributed by atoms with Crippen LogP contribution in [0.4, 0.5) is 0 Å². The van der Waals surface area contributed by atoms with E-state index in [9.17, 15) is 10.1 Å². The van der Waals surface area contributed by atoms with Crippen LogP contribution in [0, 0.1) is 11.3 Å². The van der Waals surface area contributed by atoms with Crippen molar-refractivity contribution in [3.8, 4) is 11.8 Å². The van der Waals surface area contributed by atoms with Crippen molar-refractivity contribution in [3.05, 3.63) is 93.1 Å². The summed E-state index contributed by atoms with van der Waals surface area (Å²) in [6.45, 7) is 0.581. The Morgan fingerprint density at radius 3 is 2.59 bits per heavy atom. The van der Waals surface area contributed by atoms with Crippen molar-refractivity contribution in [2.24, 2.45) is 0 Å². The predicted molar refractivity (Wildman–Crippen MR) is 156 cm³/mol. The van der Waals surface area contributed by atoms with Crippen LogP contribution in [0.25, 0.3) is 21.1 Å². The number of hydrogen-bond donors (Lipinski definition) is 0. The lowest BCUT2D eigenvalue weighted by Gasteiger charge is -2.11. The third-order valence-corrected chi connectivity index (χ3v) is 8.29. The van der Waals surface area contributed by atoms with Crippen molar-refractivity contribution in [1.29, 1.82) is 5.26 Å². The molecule has 0 radical (unpaired) electrons. The Hall–Kier alpha value is -3.86. The number of nitrogens with zero attached hydrogens (tertiary/aromatic N) is 3. The molecule has 0 amide bonds. The fourth-order valence-corrected chi connectivity index (χ4v) is 6.11. The van der Waals surface area contributed by atoms with E-state index >= 15 is 0 Å². The molecule has 5 rings (SSSR count). The first-order valence-corrected chi connectivity index (χ1v) is 14.0. The zero-order valence-electron chi connectivity index (χ0n) is 21.9. The Kier molecular flexibility index (Phi) is 8.16. The number of ether oxygens (including phenoxy) is 2. The van der Waals surface area contributed by atoms with Gasteiger partial charge in [0.15, 0.2) is 0 Å². The first-order chi connectivity index (χ1) is 19.0. The van der Waals surface area contributed by atoms with Gasteiger partial charge in [-0.15, -0.1) is 11.3 Å². The van der Waals surface area contributed by atoms with Gasteiger partial charge in [-0.3, -0.25) is 0 Å². The summed E-state index contributed by atoms with van der Waals surface area (Å²) in [5, 5.41) is 12.2. The van der Waals surface area contributed by atoms with Gasteiger partial charge in [0.05, 0.1) is 47.5 Å². The molecule has 0 aliphatic carbocycles. The highest BCUT2D eigenvalue weighted by molar-refractivity contribution is 7.18. The number of aromatic nitrogens is 2. The average Bonchev–Trinajstić information content (AvgIpc) is 3.51. The number of nitriles is 1. The normalized spacial score (nSPS) is 11.1. The number of aryl methyl sites for hydroxylation is 4. The van der Waals surface area contributed by atoms with Gasteiger partial charge in [0.25, 0.3) is 0 Å². The van der Waals surface area contributed by atoms with E-state index in [0.717, 1.165) is 57.6 Å². The Labute approximate surface area is 236 Å². The zero-order valence-corrected chi connectivity index (χ0v) is 23.4. The summed E-state index contributed by atoms with van der Waals surface area (Å²) >= 11 is 7.80. The summed E-state index contributed by atoms with van der Waals surface area (Å²) in [6.07, 6.45) is 3.54. The molecule has 2 heterocycles. The first-order valence-electron chi connectivity index (χ1n) is 12.8. The number of fused-ring (bicyclic) bond motifs is 2. The molecule has 2 aromatic heterocycles. The molecular formula is C31H28ClN3O3S. The number of hydrogen-bond acceptors (Lipinski definition) is 6. The predicted octanol–water partition coefficient (Wildman–Crippen LogP) is 7.18. The Balaban J connectivity index is 1.55. The lowest BCUT2D eigenvalue weighted by atomic mass is 9.99. The molecule has 0 aliphatic rings. The van der Waals surface area contributed by atoms with Gasteiger partial charge in [-0.05, 0) is 72.9 Å². The van der Waals surface area contributed by atoms with Crippen molar-refractivity contribution >= 4 is 50.0 Å².